The first kappa shape index (κ1) is 17.4. The average molecular weight is 343 g/mol. The molecule has 1 saturated heterocycles. The molecule has 2 aromatic carbocycles. The Hall–Kier alpha value is -2.40. The van der Waals surface area contributed by atoms with Gasteiger partial charge in [0.2, 0.25) is 0 Å². The molecule has 5 heteroatoms. The molecule has 0 aromatic heterocycles. The van der Waals surface area contributed by atoms with Gasteiger partial charge in [-0.15, -0.1) is 0 Å². The van der Waals surface area contributed by atoms with Gasteiger partial charge in [0.1, 0.15) is 11.6 Å². The van der Waals surface area contributed by atoms with E-state index in [4.69, 9.17) is 9.47 Å². The van der Waals surface area contributed by atoms with E-state index in [1.807, 2.05) is 30.3 Å². The number of carbonyl (C=O) groups excluding carboxylic acids is 1. The van der Waals surface area contributed by atoms with Gasteiger partial charge in [0, 0.05) is 12.3 Å². The van der Waals surface area contributed by atoms with Crippen molar-refractivity contribution in [2.24, 2.45) is 0 Å². The maximum atomic E-state index is 13.3. The van der Waals surface area contributed by atoms with E-state index < -0.39 is 5.60 Å². The van der Waals surface area contributed by atoms with Crippen LogP contribution in [0.1, 0.15) is 20.3 Å². The predicted octanol–water partition coefficient (Wildman–Crippen LogP) is 3.81. The molecule has 4 nitrogen and oxygen atoms in total. The number of carbonyl (C=O) groups is 1. The molecule has 1 amide bonds. The molecule has 0 radical (unpaired) electrons. The van der Waals surface area contributed by atoms with Crippen LogP contribution in [0.3, 0.4) is 0 Å². The number of ether oxygens (including phenoxy) is 2. The summed E-state index contributed by atoms with van der Waals surface area (Å²) in [4.78, 5) is 15.1. The minimum atomic E-state index is -1.10. The molecule has 1 aliphatic rings. The highest BCUT2D eigenvalue weighted by molar-refractivity contribution is 5.99. The van der Waals surface area contributed by atoms with Crippen molar-refractivity contribution in [2.75, 3.05) is 18.1 Å². The number of hydrogen-bond acceptors (Lipinski definition) is 3. The molecule has 0 N–H and O–H groups in total. The van der Waals surface area contributed by atoms with Gasteiger partial charge < -0.3 is 14.4 Å². The van der Waals surface area contributed by atoms with Gasteiger partial charge in [-0.05, 0) is 56.7 Å². The lowest BCUT2D eigenvalue weighted by Gasteiger charge is -2.35. The fourth-order valence-corrected chi connectivity index (χ4v) is 2.94. The first-order valence-corrected chi connectivity index (χ1v) is 8.38. The maximum Gasteiger partial charge on any atom is 0.270 e. The topological polar surface area (TPSA) is 38.8 Å². The van der Waals surface area contributed by atoms with E-state index in [-0.39, 0.29) is 17.8 Å². The molecule has 0 spiro atoms. The number of anilines is 1. The van der Waals surface area contributed by atoms with E-state index in [9.17, 15) is 9.18 Å². The number of amides is 1. The highest BCUT2D eigenvalue weighted by Gasteiger charge is 2.39. The molecule has 25 heavy (non-hydrogen) atoms. The normalized spacial score (nSPS) is 17.3. The summed E-state index contributed by atoms with van der Waals surface area (Å²) in [6, 6.07) is 15.2. The standard InChI is InChI=1S/C20H22FNO3/c1-20(2,25-18-10-8-15(21)9-11-18)19(23)22(17-12-13-24-14-17)16-6-4-3-5-7-16/h3-11,17H,12-14H2,1-2H3. The van der Waals surface area contributed by atoms with Crippen LogP contribution < -0.4 is 9.64 Å². The van der Waals surface area contributed by atoms with E-state index >= 15 is 0 Å². The summed E-state index contributed by atoms with van der Waals surface area (Å²) in [6.45, 7) is 4.60. The average Bonchev–Trinajstić information content (AvgIpc) is 3.12. The van der Waals surface area contributed by atoms with Gasteiger partial charge in [0.05, 0.1) is 12.6 Å². The summed E-state index contributed by atoms with van der Waals surface area (Å²) < 4.78 is 24.4. The third-order valence-electron chi connectivity index (χ3n) is 4.23. The number of benzene rings is 2. The van der Waals surface area contributed by atoms with E-state index in [1.54, 1.807) is 18.7 Å². The summed E-state index contributed by atoms with van der Waals surface area (Å²) in [5.41, 5.74) is -0.283. The summed E-state index contributed by atoms with van der Waals surface area (Å²) in [7, 11) is 0. The third kappa shape index (κ3) is 3.99. The van der Waals surface area contributed by atoms with Crippen molar-refractivity contribution in [3.8, 4) is 5.75 Å². The predicted molar refractivity (Wildman–Crippen MR) is 94.3 cm³/mol. The number of hydrogen-bond donors (Lipinski definition) is 0. The molecule has 1 fully saturated rings. The minimum absolute atomic E-state index is 0.0222. The van der Waals surface area contributed by atoms with Crippen LogP contribution in [-0.2, 0) is 9.53 Å². The lowest BCUT2D eigenvalue weighted by molar-refractivity contribution is -0.131. The molecule has 1 heterocycles. The Bertz CT molecular complexity index is 709. The fraction of sp³-hybridized carbons (Fsp3) is 0.350. The van der Waals surface area contributed by atoms with E-state index in [1.165, 1.54) is 24.3 Å². The van der Waals surface area contributed by atoms with Gasteiger partial charge in [0.15, 0.2) is 5.60 Å². The summed E-state index contributed by atoms with van der Waals surface area (Å²) in [5.74, 6) is -0.0422. The Kier molecular flexibility index (Phi) is 5.04. The molecule has 0 saturated carbocycles. The summed E-state index contributed by atoms with van der Waals surface area (Å²) in [5, 5.41) is 0. The minimum Gasteiger partial charge on any atom is -0.478 e. The van der Waals surface area contributed by atoms with Gasteiger partial charge in [-0.1, -0.05) is 18.2 Å². The Labute approximate surface area is 147 Å². The number of nitrogens with zero attached hydrogens (tertiary/aromatic N) is 1. The van der Waals surface area contributed by atoms with Crippen molar-refractivity contribution in [3.63, 3.8) is 0 Å². The van der Waals surface area contributed by atoms with Crippen LogP contribution in [-0.4, -0.2) is 30.8 Å². The van der Waals surface area contributed by atoms with Crippen molar-refractivity contribution >= 4 is 11.6 Å². The van der Waals surface area contributed by atoms with Crippen LogP contribution in [0, 0.1) is 5.82 Å². The molecule has 2 aromatic rings. The van der Waals surface area contributed by atoms with Crippen molar-refractivity contribution in [1.29, 1.82) is 0 Å². The van der Waals surface area contributed by atoms with Crippen LogP contribution in [0.5, 0.6) is 5.75 Å². The molecule has 3 rings (SSSR count). The van der Waals surface area contributed by atoms with E-state index in [2.05, 4.69) is 0 Å². The largest absolute Gasteiger partial charge is 0.478 e. The molecule has 132 valence electrons. The monoisotopic (exact) mass is 343 g/mol. The van der Waals surface area contributed by atoms with Crippen molar-refractivity contribution < 1.29 is 18.7 Å². The third-order valence-corrected chi connectivity index (χ3v) is 4.23. The van der Waals surface area contributed by atoms with Gasteiger partial charge in [-0.25, -0.2) is 4.39 Å². The van der Waals surface area contributed by atoms with Crippen LogP contribution in [0.4, 0.5) is 10.1 Å². The first-order valence-electron chi connectivity index (χ1n) is 8.38. The van der Waals surface area contributed by atoms with Gasteiger partial charge in [0.25, 0.3) is 5.91 Å². The quantitative estimate of drug-likeness (QED) is 0.829. The second-order valence-electron chi connectivity index (χ2n) is 6.59. The Morgan fingerprint density at radius 3 is 2.44 bits per heavy atom. The van der Waals surface area contributed by atoms with Crippen LogP contribution in [0.25, 0.3) is 0 Å². The van der Waals surface area contributed by atoms with E-state index in [0.29, 0.717) is 19.0 Å². The zero-order chi connectivity index (χ0) is 17.9. The van der Waals surface area contributed by atoms with Crippen molar-refractivity contribution in [2.45, 2.75) is 31.9 Å². The second-order valence-corrected chi connectivity index (χ2v) is 6.59. The fourth-order valence-electron chi connectivity index (χ4n) is 2.94. The molecule has 1 aliphatic heterocycles. The summed E-state index contributed by atoms with van der Waals surface area (Å²) >= 11 is 0. The molecular weight excluding hydrogens is 321 g/mol. The Morgan fingerprint density at radius 2 is 1.84 bits per heavy atom. The molecule has 1 atom stereocenters. The molecule has 0 aliphatic carbocycles. The summed E-state index contributed by atoms with van der Waals surface area (Å²) in [6.07, 6.45) is 0.785. The number of rotatable bonds is 5. The first-order chi connectivity index (χ1) is 12.0. The zero-order valence-corrected chi connectivity index (χ0v) is 14.4. The van der Waals surface area contributed by atoms with Crippen LogP contribution in [0.2, 0.25) is 0 Å². The zero-order valence-electron chi connectivity index (χ0n) is 14.4. The lowest BCUT2D eigenvalue weighted by Crippen LogP contribution is -2.53. The second kappa shape index (κ2) is 7.23. The highest BCUT2D eigenvalue weighted by atomic mass is 19.1. The highest BCUT2D eigenvalue weighted by Crippen LogP contribution is 2.28. The molecule has 0 bridgehead atoms. The van der Waals surface area contributed by atoms with Crippen LogP contribution >= 0.6 is 0 Å². The number of halogens is 1. The van der Waals surface area contributed by atoms with Gasteiger partial charge >= 0.3 is 0 Å². The Morgan fingerprint density at radius 1 is 1.16 bits per heavy atom. The maximum absolute atomic E-state index is 13.3. The van der Waals surface area contributed by atoms with E-state index in [0.717, 1.165) is 12.1 Å². The van der Waals surface area contributed by atoms with Crippen molar-refractivity contribution in [1.82, 2.24) is 0 Å². The van der Waals surface area contributed by atoms with Gasteiger partial charge in [-0.3, -0.25) is 4.79 Å². The smallest absolute Gasteiger partial charge is 0.270 e. The lowest BCUT2D eigenvalue weighted by atomic mass is 10.0. The van der Waals surface area contributed by atoms with Gasteiger partial charge in [-0.2, -0.15) is 0 Å². The SMILES string of the molecule is CC(C)(Oc1ccc(F)cc1)C(=O)N(c1ccccc1)C1CCOC1. The Balaban J connectivity index is 1.86. The number of para-hydroxylation sites is 1. The van der Waals surface area contributed by atoms with Crippen molar-refractivity contribution in [3.05, 3.63) is 60.4 Å². The van der Waals surface area contributed by atoms with Crippen LogP contribution in [0.15, 0.2) is 54.6 Å². The molecular formula is C20H22FNO3. The molecule has 1 unspecified atom stereocenters.